The second-order valence-electron chi connectivity index (χ2n) is 6.28. The third-order valence-corrected chi connectivity index (χ3v) is 5.46. The van der Waals surface area contributed by atoms with Gasteiger partial charge in [0.1, 0.15) is 12.4 Å². The number of carbonyl (C=O) groups is 2. The minimum atomic E-state index is -0.00326. The van der Waals surface area contributed by atoms with E-state index < -0.39 is 0 Å². The summed E-state index contributed by atoms with van der Waals surface area (Å²) < 4.78 is 11.1. The molecule has 7 heteroatoms. The molecule has 26 heavy (non-hydrogen) atoms. The van der Waals surface area contributed by atoms with E-state index >= 15 is 0 Å². The van der Waals surface area contributed by atoms with Crippen LogP contribution in [0.1, 0.15) is 25.6 Å². The SMILES string of the molecule is O=C(c1ccc2c(c1)CN(C(=O)c1cccs1)CCO2)N1CCOCC1. The fourth-order valence-corrected chi connectivity index (χ4v) is 3.90. The molecule has 1 aromatic heterocycles. The van der Waals surface area contributed by atoms with E-state index in [1.807, 2.05) is 29.6 Å². The maximum atomic E-state index is 12.7. The van der Waals surface area contributed by atoms with Crippen LogP contribution in [0.25, 0.3) is 0 Å². The van der Waals surface area contributed by atoms with Crippen LogP contribution >= 0.6 is 11.3 Å². The third kappa shape index (κ3) is 3.45. The molecule has 3 heterocycles. The Hall–Kier alpha value is -2.38. The minimum absolute atomic E-state index is 0.00126. The van der Waals surface area contributed by atoms with Crippen LogP contribution in [0.5, 0.6) is 5.75 Å². The van der Waals surface area contributed by atoms with Crippen LogP contribution in [0, 0.1) is 0 Å². The number of benzene rings is 1. The van der Waals surface area contributed by atoms with Crippen molar-refractivity contribution >= 4 is 23.2 Å². The van der Waals surface area contributed by atoms with E-state index in [9.17, 15) is 9.59 Å². The number of morpholine rings is 1. The zero-order valence-electron chi connectivity index (χ0n) is 14.3. The van der Waals surface area contributed by atoms with Crippen molar-refractivity contribution in [3.8, 4) is 5.75 Å². The number of nitrogens with zero attached hydrogens (tertiary/aromatic N) is 2. The van der Waals surface area contributed by atoms with Crippen molar-refractivity contribution < 1.29 is 19.1 Å². The van der Waals surface area contributed by atoms with Gasteiger partial charge in [-0.2, -0.15) is 0 Å². The van der Waals surface area contributed by atoms with Crippen molar-refractivity contribution in [2.45, 2.75) is 6.54 Å². The van der Waals surface area contributed by atoms with Crippen molar-refractivity contribution in [3.05, 3.63) is 51.7 Å². The summed E-state index contributed by atoms with van der Waals surface area (Å²) in [5, 5.41) is 1.90. The van der Waals surface area contributed by atoms with Gasteiger partial charge in [0, 0.05) is 30.8 Å². The Morgan fingerprint density at radius 1 is 0.962 bits per heavy atom. The van der Waals surface area contributed by atoms with Gasteiger partial charge in [-0.05, 0) is 29.6 Å². The predicted octanol–water partition coefficient (Wildman–Crippen LogP) is 2.26. The molecular weight excluding hydrogens is 352 g/mol. The highest BCUT2D eigenvalue weighted by molar-refractivity contribution is 7.12. The van der Waals surface area contributed by atoms with E-state index in [1.54, 1.807) is 15.9 Å². The number of ether oxygens (including phenoxy) is 2. The first-order valence-corrected chi connectivity index (χ1v) is 9.56. The van der Waals surface area contributed by atoms with E-state index in [4.69, 9.17) is 9.47 Å². The first-order chi connectivity index (χ1) is 12.7. The number of carbonyl (C=O) groups excluding carboxylic acids is 2. The van der Waals surface area contributed by atoms with Gasteiger partial charge in [0.15, 0.2) is 0 Å². The van der Waals surface area contributed by atoms with Gasteiger partial charge >= 0.3 is 0 Å². The highest BCUT2D eigenvalue weighted by Gasteiger charge is 2.24. The van der Waals surface area contributed by atoms with Crippen LogP contribution in [-0.4, -0.2) is 61.1 Å². The second-order valence-corrected chi connectivity index (χ2v) is 7.23. The summed E-state index contributed by atoms with van der Waals surface area (Å²) in [5.74, 6) is 0.739. The molecule has 4 rings (SSSR count). The number of thiophene rings is 1. The monoisotopic (exact) mass is 372 g/mol. The average molecular weight is 372 g/mol. The Morgan fingerprint density at radius 3 is 2.54 bits per heavy atom. The largest absolute Gasteiger partial charge is 0.491 e. The Balaban J connectivity index is 1.56. The van der Waals surface area contributed by atoms with E-state index in [-0.39, 0.29) is 11.8 Å². The van der Waals surface area contributed by atoms with Crippen molar-refractivity contribution in [2.24, 2.45) is 0 Å². The molecule has 0 atom stereocenters. The van der Waals surface area contributed by atoms with Crippen molar-refractivity contribution in [1.82, 2.24) is 9.80 Å². The second kappa shape index (κ2) is 7.47. The summed E-state index contributed by atoms with van der Waals surface area (Å²) in [6, 6.07) is 9.19. The van der Waals surface area contributed by atoms with Crippen molar-refractivity contribution in [2.75, 3.05) is 39.5 Å². The van der Waals surface area contributed by atoms with Gasteiger partial charge in [0.05, 0.1) is 24.6 Å². The number of hydrogen-bond donors (Lipinski definition) is 0. The molecule has 0 saturated carbocycles. The molecule has 0 bridgehead atoms. The lowest BCUT2D eigenvalue weighted by Gasteiger charge is -2.27. The molecule has 0 aliphatic carbocycles. The molecule has 2 amide bonds. The standard InChI is InChI=1S/C19H20N2O4S/c22-18(20-5-8-24-9-6-20)14-3-4-16-15(12-14)13-21(7-10-25-16)19(23)17-2-1-11-26-17/h1-4,11-12H,5-10,13H2. The Bertz CT molecular complexity index is 800. The summed E-state index contributed by atoms with van der Waals surface area (Å²) in [6.07, 6.45) is 0. The molecule has 1 aromatic carbocycles. The molecule has 136 valence electrons. The van der Waals surface area contributed by atoms with Crippen LogP contribution in [0.3, 0.4) is 0 Å². The number of fused-ring (bicyclic) bond motifs is 1. The quantitative estimate of drug-likeness (QED) is 0.811. The number of amides is 2. The maximum Gasteiger partial charge on any atom is 0.264 e. The zero-order valence-corrected chi connectivity index (χ0v) is 15.2. The van der Waals surface area contributed by atoms with Crippen molar-refractivity contribution in [3.63, 3.8) is 0 Å². The molecule has 2 aliphatic rings. The van der Waals surface area contributed by atoms with E-state index in [0.717, 1.165) is 11.3 Å². The average Bonchev–Trinajstić information content (AvgIpc) is 3.14. The molecular formula is C19H20N2O4S. The fraction of sp³-hybridized carbons (Fsp3) is 0.368. The molecule has 0 N–H and O–H groups in total. The van der Waals surface area contributed by atoms with Crippen LogP contribution in [0.2, 0.25) is 0 Å². The van der Waals surface area contributed by atoms with Gasteiger partial charge in [-0.15, -0.1) is 11.3 Å². The van der Waals surface area contributed by atoms with Crippen molar-refractivity contribution in [1.29, 1.82) is 0 Å². The highest BCUT2D eigenvalue weighted by atomic mass is 32.1. The number of hydrogen-bond acceptors (Lipinski definition) is 5. The first-order valence-electron chi connectivity index (χ1n) is 8.68. The lowest BCUT2D eigenvalue weighted by atomic mass is 10.1. The van der Waals surface area contributed by atoms with E-state index in [0.29, 0.717) is 56.4 Å². The lowest BCUT2D eigenvalue weighted by molar-refractivity contribution is 0.0303. The molecule has 1 saturated heterocycles. The van der Waals surface area contributed by atoms with E-state index in [2.05, 4.69) is 0 Å². The number of rotatable bonds is 2. The van der Waals surface area contributed by atoms with Gasteiger partial charge in [0.2, 0.25) is 0 Å². The normalized spacial score (nSPS) is 17.2. The first kappa shape index (κ1) is 17.1. The Morgan fingerprint density at radius 2 is 1.77 bits per heavy atom. The maximum absolute atomic E-state index is 12.7. The van der Waals surface area contributed by atoms with Gasteiger partial charge in [0.25, 0.3) is 11.8 Å². The van der Waals surface area contributed by atoms with Crippen LogP contribution in [-0.2, 0) is 11.3 Å². The molecule has 6 nitrogen and oxygen atoms in total. The Labute approximate surface area is 155 Å². The van der Waals surface area contributed by atoms with Gasteiger partial charge in [-0.3, -0.25) is 9.59 Å². The van der Waals surface area contributed by atoms with Crippen LogP contribution < -0.4 is 4.74 Å². The summed E-state index contributed by atoms with van der Waals surface area (Å²) in [4.78, 5) is 29.7. The lowest BCUT2D eigenvalue weighted by Crippen LogP contribution is -2.40. The zero-order chi connectivity index (χ0) is 17.9. The fourth-order valence-electron chi connectivity index (χ4n) is 3.21. The van der Waals surface area contributed by atoms with Crippen LogP contribution in [0.15, 0.2) is 35.7 Å². The summed E-state index contributed by atoms with van der Waals surface area (Å²) in [7, 11) is 0. The molecule has 0 radical (unpaired) electrons. The third-order valence-electron chi connectivity index (χ3n) is 4.60. The predicted molar refractivity (Wildman–Crippen MR) is 97.7 cm³/mol. The van der Waals surface area contributed by atoms with Gasteiger partial charge in [-0.1, -0.05) is 6.07 Å². The van der Waals surface area contributed by atoms with Gasteiger partial charge < -0.3 is 19.3 Å². The summed E-state index contributed by atoms with van der Waals surface area (Å²) in [5.41, 5.74) is 1.49. The molecule has 1 fully saturated rings. The summed E-state index contributed by atoms with van der Waals surface area (Å²) in [6.45, 7) is 3.77. The minimum Gasteiger partial charge on any atom is -0.491 e. The Kier molecular flexibility index (Phi) is 4.90. The van der Waals surface area contributed by atoms with Gasteiger partial charge in [-0.25, -0.2) is 0 Å². The summed E-state index contributed by atoms with van der Waals surface area (Å²) >= 11 is 1.43. The molecule has 0 unspecified atom stereocenters. The molecule has 2 aliphatic heterocycles. The van der Waals surface area contributed by atoms with Crippen LogP contribution in [0.4, 0.5) is 0 Å². The smallest absolute Gasteiger partial charge is 0.264 e. The van der Waals surface area contributed by atoms with E-state index in [1.165, 1.54) is 11.3 Å². The topological polar surface area (TPSA) is 59.1 Å². The molecule has 0 spiro atoms. The molecule has 2 aromatic rings. The highest BCUT2D eigenvalue weighted by Crippen LogP contribution is 2.26.